The first-order valence-electron chi connectivity index (χ1n) is 11.5. The lowest BCUT2D eigenvalue weighted by Gasteiger charge is -2.36. The van der Waals surface area contributed by atoms with Gasteiger partial charge in [0.05, 0.1) is 18.6 Å². The van der Waals surface area contributed by atoms with E-state index in [1.807, 2.05) is 0 Å². The summed E-state index contributed by atoms with van der Waals surface area (Å²) in [6, 6.07) is 0. The standard InChI is InChI=1S/C25H30O12/c1-10-8-16-18(11(2)22(28)36-16)21(37-24(30)25(6,31)12(3)33-13(4)26)20(34-14(5)27)15(23(29)32-7)9-17-19(10)35-17/h8-9,12,16-21,31H,2H2,1,3-7H3. The van der Waals surface area contributed by atoms with Crippen molar-refractivity contribution in [2.45, 2.75) is 76.8 Å². The number of carbonyl (C=O) groups is 5. The first-order chi connectivity index (χ1) is 17.2. The van der Waals surface area contributed by atoms with Crippen molar-refractivity contribution in [3.63, 3.8) is 0 Å². The number of epoxide rings is 1. The van der Waals surface area contributed by atoms with Gasteiger partial charge in [-0.05, 0) is 38.5 Å². The van der Waals surface area contributed by atoms with Gasteiger partial charge in [0.15, 0.2) is 17.8 Å². The Morgan fingerprint density at radius 1 is 1.11 bits per heavy atom. The van der Waals surface area contributed by atoms with Crippen molar-refractivity contribution in [3.8, 4) is 0 Å². The number of hydrogen-bond acceptors (Lipinski definition) is 12. The van der Waals surface area contributed by atoms with Gasteiger partial charge in [0.1, 0.15) is 24.4 Å². The first kappa shape index (κ1) is 28.1. The molecule has 8 atom stereocenters. The molecule has 202 valence electrons. The van der Waals surface area contributed by atoms with Crippen LogP contribution in [-0.4, -0.2) is 84.3 Å². The third kappa shape index (κ3) is 5.75. The van der Waals surface area contributed by atoms with E-state index in [0.29, 0.717) is 5.57 Å². The SMILES string of the molecule is C=C1C(=O)OC2C=C(C)C3OC3C=C(C(=O)OC)C(OC(C)=O)C(OC(=O)C(C)(O)C(C)OC(C)=O)C12. The molecule has 3 rings (SSSR count). The molecule has 0 amide bonds. The Balaban J connectivity index is 2.16. The Labute approximate surface area is 213 Å². The molecule has 0 aromatic heterocycles. The first-order valence-corrected chi connectivity index (χ1v) is 11.5. The normalized spacial score (nSPS) is 31.1. The van der Waals surface area contributed by atoms with Gasteiger partial charge >= 0.3 is 29.8 Å². The highest BCUT2D eigenvalue weighted by Gasteiger charge is 2.54. The Morgan fingerprint density at radius 3 is 2.32 bits per heavy atom. The van der Waals surface area contributed by atoms with Crippen LogP contribution in [0.1, 0.15) is 34.6 Å². The molecule has 37 heavy (non-hydrogen) atoms. The molecule has 2 fully saturated rings. The average Bonchev–Trinajstić information content (AvgIpc) is 3.52. The van der Waals surface area contributed by atoms with E-state index in [1.165, 1.54) is 13.0 Å². The van der Waals surface area contributed by atoms with Crippen LogP contribution < -0.4 is 0 Å². The summed E-state index contributed by atoms with van der Waals surface area (Å²) in [6.07, 6.45) is -3.61. The molecule has 0 aromatic rings. The summed E-state index contributed by atoms with van der Waals surface area (Å²) in [4.78, 5) is 62.2. The highest BCUT2D eigenvalue weighted by atomic mass is 16.6. The molecular formula is C25H30O12. The van der Waals surface area contributed by atoms with Gasteiger partial charge in [0.2, 0.25) is 0 Å². The molecule has 1 aliphatic carbocycles. The van der Waals surface area contributed by atoms with Gasteiger partial charge in [-0.25, -0.2) is 14.4 Å². The number of ether oxygens (including phenoxy) is 6. The highest BCUT2D eigenvalue weighted by molar-refractivity contribution is 5.93. The summed E-state index contributed by atoms with van der Waals surface area (Å²) in [7, 11) is 1.11. The van der Waals surface area contributed by atoms with Crippen molar-refractivity contribution in [1.29, 1.82) is 0 Å². The molecule has 12 nitrogen and oxygen atoms in total. The number of aliphatic hydroxyl groups is 1. The third-order valence-corrected chi connectivity index (χ3v) is 6.47. The molecule has 8 unspecified atom stereocenters. The number of methoxy groups -OCH3 is 1. The lowest BCUT2D eigenvalue weighted by molar-refractivity contribution is -0.196. The minimum atomic E-state index is -2.37. The molecule has 1 N–H and O–H groups in total. The Hall–Kier alpha value is -3.51. The van der Waals surface area contributed by atoms with Crippen molar-refractivity contribution in [3.05, 3.63) is 35.5 Å². The fourth-order valence-corrected chi connectivity index (χ4v) is 4.26. The van der Waals surface area contributed by atoms with Crippen LogP contribution in [0.25, 0.3) is 0 Å². The monoisotopic (exact) mass is 522 g/mol. The van der Waals surface area contributed by atoms with E-state index >= 15 is 0 Å². The second kappa shape index (κ2) is 10.5. The fourth-order valence-electron chi connectivity index (χ4n) is 4.26. The second-order valence-corrected chi connectivity index (χ2v) is 9.27. The minimum Gasteiger partial charge on any atom is -0.466 e. The average molecular weight is 523 g/mol. The van der Waals surface area contributed by atoms with Crippen LogP contribution in [0.4, 0.5) is 0 Å². The largest absolute Gasteiger partial charge is 0.466 e. The maximum atomic E-state index is 13.3. The zero-order valence-corrected chi connectivity index (χ0v) is 21.3. The molecule has 0 bridgehead atoms. The molecule has 12 heteroatoms. The van der Waals surface area contributed by atoms with Crippen molar-refractivity contribution in [2.75, 3.05) is 7.11 Å². The van der Waals surface area contributed by atoms with Gasteiger partial charge in [-0.1, -0.05) is 6.58 Å². The van der Waals surface area contributed by atoms with E-state index in [1.54, 1.807) is 13.0 Å². The Kier molecular flexibility index (Phi) is 7.94. The molecule has 2 saturated heterocycles. The summed E-state index contributed by atoms with van der Waals surface area (Å²) in [6.45, 7) is 10.0. The van der Waals surface area contributed by atoms with Crippen LogP contribution in [0.3, 0.4) is 0 Å². The lowest BCUT2D eigenvalue weighted by atomic mass is 9.83. The van der Waals surface area contributed by atoms with Crippen LogP contribution in [0.2, 0.25) is 0 Å². The number of rotatable bonds is 6. The highest BCUT2D eigenvalue weighted by Crippen LogP contribution is 2.41. The third-order valence-electron chi connectivity index (χ3n) is 6.47. The molecule has 0 aromatic carbocycles. The number of fused-ring (bicyclic) bond motifs is 2. The molecule has 0 spiro atoms. The molecule has 3 aliphatic rings. The van der Waals surface area contributed by atoms with E-state index in [4.69, 9.17) is 28.4 Å². The van der Waals surface area contributed by atoms with Gasteiger partial charge in [-0.15, -0.1) is 0 Å². The minimum absolute atomic E-state index is 0.116. The predicted octanol–water partition coefficient (Wildman–Crippen LogP) is 0.457. The van der Waals surface area contributed by atoms with Gasteiger partial charge < -0.3 is 33.5 Å². The van der Waals surface area contributed by atoms with Crippen LogP contribution in [0, 0.1) is 5.92 Å². The molecule has 2 heterocycles. The zero-order chi connectivity index (χ0) is 27.8. The van der Waals surface area contributed by atoms with E-state index in [9.17, 15) is 29.1 Å². The summed E-state index contributed by atoms with van der Waals surface area (Å²) in [5, 5.41) is 10.9. The Morgan fingerprint density at radius 2 is 1.76 bits per heavy atom. The van der Waals surface area contributed by atoms with Crippen LogP contribution in [0.5, 0.6) is 0 Å². The summed E-state index contributed by atoms with van der Waals surface area (Å²) < 4.78 is 32.1. The summed E-state index contributed by atoms with van der Waals surface area (Å²) in [5.74, 6) is -5.72. The number of esters is 5. The van der Waals surface area contributed by atoms with E-state index in [2.05, 4.69) is 6.58 Å². The van der Waals surface area contributed by atoms with E-state index < -0.39 is 78.0 Å². The quantitative estimate of drug-likeness (QED) is 0.169. The molecular weight excluding hydrogens is 492 g/mol. The maximum absolute atomic E-state index is 13.3. The van der Waals surface area contributed by atoms with Gasteiger partial charge in [0, 0.05) is 19.4 Å². The van der Waals surface area contributed by atoms with Crippen LogP contribution in [0.15, 0.2) is 35.5 Å². The van der Waals surface area contributed by atoms with Crippen molar-refractivity contribution < 1.29 is 57.5 Å². The van der Waals surface area contributed by atoms with Crippen molar-refractivity contribution in [1.82, 2.24) is 0 Å². The lowest BCUT2D eigenvalue weighted by Crippen LogP contribution is -2.53. The van der Waals surface area contributed by atoms with Gasteiger partial charge in [-0.3, -0.25) is 9.59 Å². The number of hydrogen-bond donors (Lipinski definition) is 1. The van der Waals surface area contributed by atoms with Crippen LogP contribution >= 0.6 is 0 Å². The van der Waals surface area contributed by atoms with Crippen LogP contribution in [-0.2, 0) is 52.4 Å². The fraction of sp³-hybridized carbons (Fsp3) is 0.560. The van der Waals surface area contributed by atoms with E-state index in [0.717, 1.165) is 27.9 Å². The topological polar surface area (TPSA) is 164 Å². The number of carbonyl (C=O) groups excluding carboxylic acids is 5. The molecule has 0 radical (unpaired) electrons. The summed E-state index contributed by atoms with van der Waals surface area (Å²) >= 11 is 0. The van der Waals surface area contributed by atoms with Crippen molar-refractivity contribution in [2.24, 2.45) is 5.92 Å². The smallest absolute Gasteiger partial charge is 0.342 e. The summed E-state index contributed by atoms with van der Waals surface area (Å²) in [5.41, 5.74) is -2.02. The molecule has 0 saturated carbocycles. The van der Waals surface area contributed by atoms with Gasteiger partial charge in [0.25, 0.3) is 0 Å². The molecule has 2 aliphatic heterocycles. The predicted molar refractivity (Wildman–Crippen MR) is 122 cm³/mol. The second-order valence-electron chi connectivity index (χ2n) is 9.27. The van der Waals surface area contributed by atoms with Crippen molar-refractivity contribution >= 4 is 29.8 Å². The van der Waals surface area contributed by atoms with E-state index in [-0.39, 0.29) is 11.1 Å². The Bertz CT molecular complexity index is 1080. The zero-order valence-electron chi connectivity index (χ0n) is 21.3. The maximum Gasteiger partial charge on any atom is 0.342 e. The van der Waals surface area contributed by atoms with Gasteiger partial charge in [-0.2, -0.15) is 0 Å².